The lowest BCUT2D eigenvalue weighted by molar-refractivity contribution is 1.45. The summed E-state index contributed by atoms with van der Waals surface area (Å²) in [5.41, 5.74) is 0. The smallest absolute Gasteiger partial charge is 0.0989 e. The third-order valence-electron chi connectivity index (χ3n) is 2.59. The van der Waals surface area contributed by atoms with Crippen LogP contribution in [-0.2, 0) is 10.9 Å². The van der Waals surface area contributed by atoms with E-state index in [2.05, 4.69) is 50.1 Å². The molecule has 1 aromatic carbocycles. The second-order valence-electron chi connectivity index (χ2n) is 3.93. The molecular weight excluding hydrogens is 260 g/mol. The molecule has 0 heterocycles. The van der Waals surface area contributed by atoms with E-state index >= 15 is 0 Å². The zero-order valence-corrected chi connectivity index (χ0v) is 12.8. The second-order valence-corrected chi connectivity index (χ2v) is 5.95. The maximum atomic E-state index is 3.95. The first kappa shape index (κ1) is 16.1. The highest BCUT2D eigenvalue weighted by atomic mass is 32.2. The van der Waals surface area contributed by atoms with Crippen LogP contribution in [0.25, 0.3) is 0 Å². The molecule has 0 aromatic heterocycles. The standard InChI is InChI=1S/C19H21S/c1-5-9-14-18(8-4)20(17(7-3)13-6-2)19-15-11-10-12-16-19/h5-16H,2-4H2,1H3/q+1/b9-5-,17-13+,18-14+. The van der Waals surface area contributed by atoms with E-state index in [0.717, 1.165) is 4.91 Å². The summed E-state index contributed by atoms with van der Waals surface area (Å²) in [5, 5.41) is 0. The number of hydrogen-bond acceptors (Lipinski definition) is 0. The predicted octanol–water partition coefficient (Wildman–Crippen LogP) is 5.57. The van der Waals surface area contributed by atoms with E-state index in [1.807, 2.05) is 43.4 Å². The molecule has 0 spiro atoms. The Morgan fingerprint density at radius 2 is 1.55 bits per heavy atom. The Bertz CT molecular complexity index is 544. The minimum atomic E-state index is -0.201. The topological polar surface area (TPSA) is 0 Å². The number of benzene rings is 1. The molecule has 20 heavy (non-hydrogen) atoms. The van der Waals surface area contributed by atoms with E-state index in [1.165, 1.54) is 9.80 Å². The van der Waals surface area contributed by atoms with Crippen LogP contribution in [0, 0.1) is 0 Å². The van der Waals surface area contributed by atoms with Gasteiger partial charge in [0.25, 0.3) is 0 Å². The van der Waals surface area contributed by atoms with Gasteiger partial charge < -0.3 is 0 Å². The Morgan fingerprint density at radius 1 is 0.950 bits per heavy atom. The van der Waals surface area contributed by atoms with E-state index in [1.54, 1.807) is 6.08 Å². The molecular formula is C19H21S+. The summed E-state index contributed by atoms with van der Waals surface area (Å²) in [4.78, 5) is 3.56. The third kappa shape index (κ3) is 4.29. The van der Waals surface area contributed by atoms with Gasteiger partial charge in [-0.3, -0.25) is 0 Å². The van der Waals surface area contributed by atoms with Crippen molar-refractivity contribution in [1.82, 2.24) is 0 Å². The van der Waals surface area contributed by atoms with Crippen LogP contribution in [0.15, 0.2) is 107 Å². The van der Waals surface area contributed by atoms with Crippen molar-refractivity contribution >= 4 is 10.9 Å². The fourth-order valence-corrected chi connectivity index (χ4v) is 3.74. The predicted molar refractivity (Wildman–Crippen MR) is 93.6 cm³/mol. The van der Waals surface area contributed by atoms with Crippen molar-refractivity contribution in [3.05, 3.63) is 102 Å². The van der Waals surface area contributed by atoms with Crippen molar-refractivity contribution in [3.63, 3.8) is 0 Å². The van der Waals surface area contributed by atoms with Crippen LogP contribution in [0.2, 0.25) is 0 Å². The van der Waals surface area contributed by atoms with E-state index < -0.39 is 0 Å². The molecule has 0 N–H and O–H groups in total. The van der Waals surface area contributed by atoms with Gasteiger partial charge in [0.15, 0.2) is 14.7 Å². The Balaban J connectivity index is 3.41. The van der Waals surface area contributed by atoms with E-state index in [0.29, 0.717) is 0 Å². The van der Waals surface area contributed by atoms with Gasteiger partial charge >= 0.3 is 0 Å². The quantitative estimate of drug-likeness (QED) is 0.453. The fourth-order valence-electron chi connectivity index (χ4n) is 1.71. The maximum absolute atomic E-state index is 3.95. The van der Waals surface area contributed by atoms with Crippen molar-refractivity contribution in [1.29, 1.82) is 0 Å². The summed E-state index contributed by atoms with van der Waals surface area (Å²) in [6.45, 7) is 13.7. The fraction of sp³-hybridized carbons (Fsp3) is 0.0526. The number of allylic oxidation sites excluding steroid dienone is 7. The van der Waals surface area contributed by atoms with Crippen molar-refractivity contribution in [3.8, 4) is 0 Å². The molecule has 1 aromatic rings. The molecule has 0 radical (unpaired) electrons. The van der Waals surface area contributed by atoms with Gasteiger partial charge in [-0.05, 0) is 43.4 Å². The second kappa shape index (κ2) is 9.00. The lowest BCUT2D eigenvalue weighted by Crippen LogP contribution is -2.06. The van der Waals surface area contributed by atoms with Crippen LogP contribution in [0.5, 0.6) is 0 Å². The summed E-state index contributed by atoms with van der Waals surface area (Å²) in [7, 11) is -0.201. The largest absolute Gasteiger partial charge is 0.166 e. The minimum Gasteiger partial charge on any atom is -0.0989 e. The molecule has 0 saturated carbocycles. The molecule has 0 aliphatic heterocycles. The van der Waals surface area contributed by atoms with Crippen LogP contribution >= 0.6 is 0 Å². The minimum absolute atomic E-state index is 0.201. The van der Waals surface area contributed by atoms with Crippen LogP contribution in [0.1, 0.15) is 6.92 Å². The van der Waals surface area contributed by atoms with Gasteiger partial charge in [0.2, 0.25) is 0 Å². The molecule has 102 valence electrons. The molecule has 0 aliphatic rings. The van der Waals surface area contributed by atoms with Crippen LogP contribution in [-0.4, -0.2) is 0 Å². The van der Waals surface area contributed by atoms with Crippen LogP contribution in [0.3, 0.4) is 0 Å². The third-order valence-corrected chi connectivity index (χ3v) is 4.88. The van der Waals surface area contributed by atoms with Gasteiger partial charge in [0.05, 0.1) is 10.9 Å². The number of hydrogen-bond donors (Lipinski definition) is 0. The highest BCUT2D eigenvalue weighted by Crippen LogP contribution is 2.30. The van der Waals surface area contributed by atoms with Crippen molar-refractivity contribution in [2.75, 3.05) is 0 Å². The van der Waals surface area contributed by atoms with E-state index in [-0.39, 0.29) is 10.9 Å². The Morgan fingerprint density at radius 3 is 2.05 bits per heavy atom. The summed E-state index contributed by atoms with van der Waals surface area (Å²) in [6.07, 6.45) is 13.8. The normalized spacial score (nSPS) is 14.1. The molecule has 1 atom stereocenters. The molecule has 0 nitrogen and oxygen atoms in total. The molecule has 1 unspecified atom stereocenters. The first-order chi connectivity index (χ1) is 9.78. The summed E-state index contributed by atoms with van der Waals surface area (Å²) in [5.74, 6) is 0. The highest BCUT2D eigenvalue weighted by Gasteiger charge is 2.29. The molecule has 0 saturated heterocycles. The average Bonchev–Trinajstić information content (AvgIpc) is 2.50. The lowest BCUT2D eigenvalue weighted by atomic mass is 10.4. The Hall–Kier alpha value is -1.99. The van der Waals surface area contributed by atoms with E-state index in [4.69, 9.17) is 0 Å². The van der Waals surface area contributed by atoms with Gasteiger partial charge in [0.1, 0.15) is 0 Å². The van der Waals surface area contributed by atoms with Crippen molar-refractivity contribution < 1.29 is 0 Å². The van der Waals surface area contributed by atoms with Gasteiger partial charge in [-0.15, -0.1) is 0 Å². The first-order valence-electron chi connectivity index (χ1n) is 6.48. The van der Waals surface area contributed by atoms with Crippen LogP contribution < -0.4 is 0 Å². The molecule has 1 rings (SSSR count). The van der Waals surface area contributed by atoms with Gasteiger partial charge in [0, 0.05) is 0 Å². The maximum Gasteiger partial charge on any atom is 0.166 e. The van der Waals surface area contributed by atoms with E-state index in [9.17, 15) is 0 Å². The monoisotopic (exact) mass is 281 g/mol. The van der Waals surface area contributed by atoms with Gasteiger partial charge in [-0.2, -0.15) is 0 Å². The first-order valence-corrected chi connectivity index (χ1v) is 7.70. The number of rotatable bonds is 7. The average molecular weight is 281 g/mol. The summed E-state index contributed by atoms with van der Waals surface area (Å²) < 4.78 is 0. The van der Waals surface area contributed by atoms with Gasteiger partial charge in [-0.25, -0.2) is 0 Å². The zero-order valence-electron chi connectivity index (χ0n) is 12.0. The zero-order chi connectivity index (χ0) is 14.8. The molecule has 1 heteroatoms. The Kier molecular flexibility index (Phi) is 7.23. The molecule has 0 fully saturated rings. The SMILES string of the molecule is C=C/C=C(\C=C)[S+](/C(C=C)=C/C=C\C)c1ccccc1. The highest BCUT2D eigenvalue weighted by molar-refractivity contribution is 8.04. The van der Waals surface area contributed by atoms with Gasteiger partial charge in [-0.1, -0.05) is 56.2 Å². The lowest BCUT2D eigenvalue weighted by Gasteiger charge is -2.08. The summed E-state index contributed by atoms with van der Waals surface area (Å²) in [6, 6.07) is 10.4. The van der Waals surface area contributed by atoms with Crippen molar-refractivity contribution in [2.24, 2.45) is 0 Å². The molecule has 0 amide bonds. The molecule has 0 aliphatic carbocycles. The molecule has 0 bridgehead atoms. The Labute approximate surface area is 125 Å². The van der Waals surface area contributed by atoms with Crippen LogP contribution in [0.4, 0.5) is 0 Å². The summed E-state index contributed by atoms with van der Waals surface area (Å²) >= 11 is 0. The van der Waals surface area contributed by atoms with Crippen molar-refractivity contribution in [2.45, 2.75) is 11.8 Å².